The van der Waals surface area contributed by atoms with Gasteiger partial charge in [0.05, 0.1) is 27.0 Å². The van der Waals surface area contributed by atoms with Gasteiger partial charge in [0.2, 0.25) is 10.0 Å². The van der Waals surface area contributed by atoms with Gasteiger partial charge >= 0.3 is 0 Å². The third kappa shape index (κ3) is 4.52. The first-order valence-electron chi connectivity index (χ1n) is 8.31. The third-order valence-corrected chi connectivity index (χ3v) is 6.91. The van der Waals surface area contributed by atoms with Crippen LogP contribution in [0.1, 0.15) is 10.6 Å². The van der Waals surface area contributed by atoms with Crippen molar-refractivity contribution >= 4 is 21.4 Å². The van der Waals surface area contributed by atoms with Crippen molar-refractivity contribution in [3.05, 3.63) is 64.7 Å². The summed E-state index contributed by atoms with van der Waals surface area (Å²) in [6, 6.07) is 12.1. The van der Waals surface area contributed by atoms with Crippen molar-refractivity contribution in [2.45, 2.75) is 17.9 Å². The molecule has 144 valence electrons. The van der Waals surface area contributed by atoms with Crippen LogP contribution in [-0.4, -0.2) is 33.5 Å². The molecule has 0 aliphatic heterocycles. The molecular weight excluding hydrogens is 386 g/mol. The Labute approximate surface area is 163 Å². The maximum atomic E-state index is 13.4. The number of thiophene rings is 1. The molecule has 0 radical (unpaired) electrons. The number of benzene rings is 1. The lowest BCUT2D eigenvalue weighted by atomic mass is 10.3. The molecule has 27 heavy (non-hydrogen) atoms. The van der Waals surface area contributed by atoms with Crippen LogP contribution < -0.4 is 9.47 Å². The summed E-state index contributed by atoms with van der Waals surface area (Å²) in [6.07, 6.45) is 2.16. The molecule has 0 N–H and O–H groups in total. The summed E-state index contributed by atoms with van der Waals surface area (Å²) in [6.45, 7) is 0.481. The molecule has 0 saturated heterocycles. The number of hydrogen-bond donors (Lipinski definition) is 0. The Kier molecular flexibility index (Phi) is 6.20. The third-order valence-electron chi connectivity index (χ3n) is 4.09. The smallest absolute Gasteiger partial charge is 0.247 e. The molecule has 8 heteroatoms. The highest BCUT2D eigenvalue weighted by atomic mass is 32.2. The largest absolute Gasteiger partial charge is 0.497 e. The molecule has 6 nitrogen and oxygen atoms in total. The molecule has 0 unspecified atom stereocenters. The summed E-state index contributed by atoms with van der Waals surface area (Å²) in [5.41, 5.74) is 0. The quantitative estimate of drug-likeness (QED) is 0.540. The van der Waals surface area contributed by atoms with Gasteiger partial charge in [-0.1, -0.05) is 6.07 Å². The molecule has 0 aliphatic carbocycles. The lowest BCUT2D eigenvalue weighted by Crippen LogP contribution is -2.32. The van der Waals surface area contributed by atoms with Gasteiger partial charge in [-0.05, 0) is 42.1 Å². The average molecular weight is 408 g/mol. The van der Waals surface area contributed by atoms with E-state index < -0.39 is 10.0 Å². The zero-order valence-electron chi connectivity index (χ0n) is 15.1. The number of ether oxygens (including phenoxy) is 2. The van der Waals surface area contributed by atoms with Gasteiger partial charge in [-0.25, -0.2) is 8.42 Å². The number of rotatable bonds is 9. The van der Waals surface area contributed by atoms with Gasteiger partial charge in [-0.3, -0.25) is 0 Å². The van der Waals surface area contributed by atoms with Crippen LogP contribution in [0.5, 0.6) is 11.5 Å². The molecule has 2 aromatic heterocycles. The Morgan fingerprint density at radius 1 is 1.11 bits per heavy atom. The Balaban J connectivity index is 1.93. The summed E-state index contributed by atoms with van der Waals surface area (Å²) in [5.74, 6) is 1.36. The number of methoxy groups -OCH3 is 2. The van der Waals surface area contributed by atoms with Crippen molar-refractivity contribution in [3.8, 4) is 11.5 Å². The van der Waals surface area contributed by atoms with Gasteiger partial charge in [0.15, 0.2) is 0 Å². The van der Waals surface area contributed by atoms with Crippen molar-refractivity contribution in [3.63, 3.8) is 0 Å². The van der Waals surface area contributed by atoms with E-state index in [0.717, 1.165) is 4.88 Å². The Hall–Kier alpha value is -2.29. The molecule has 0 spiro atoms. The minimum absolute atomic E-state index is 0.100. The average Bonchev–Trinajstić information content (AvgIpc) is 3.38. The molecule has 3 aromatic rings. The fraction of sp³-hybridized carbons (Fsp3) is 0.263. The topological polar surface area (TPSA) is 69.0 Å². The fourth-order valence-corrected chi connectivity index (χ4v) is 4.92. The SMILES string of the molecule is COc1ccc(S(=O)(=O)N(CCc2cccs2)Cc2ccco2)c(OC)c1. The van der Waals surface area contributed by atoms with E-state index in [1.165, 1.54) is 30.9 Å². The van der Waals surface area contributed by atoms with Crippen LogP contribution in [0.25, 0.3) is 0 Å². The molecule has 0 bridgehead atoms. The second kappa shape index (κ2) is 8.60. The summed E-state index contributed by atoms with van der Waals surface area (Å²) < 4.78 is 44.0. The summed E-state index contributed by atoms with van der Waals surface area (Å²) >= 11 is 1.61. The van der Waals surface area contributed by atoms with Crippen LogP contribution in [0.15, 0.2) is 63.4 Å². The molecule has 1 aromatic carbocycles. The van der Waals surface area contributed by atoms with Crippen molar-refractivity contribution in [2.24, 2.45) is 0 Å². The highest BCUT2D eigenvalue weighted by Crippen LogP contribution is 2.31. The van der Waals surface area contributed by atoms with Crippen LogP contribution in [0, 0.1) is 0 Å². The highest BCUT2D eigenvalue weighted by molar-refractivity contribution is 7.89. The Bertz CT molecular complexity index is 950. The predicted molar refractivity (Wildman–Crippen MR) is 104 cm³/mol. The van der Waals surface area contributed by atoms with Gasteiger partial charge in [-0.2, -0.15) is 4.31 Å². The summed E-state index contributed by atoms with van der Waals surface area (Å²) in [5, 5.41) is 1.98. The maximum Gasteiger partial charge on any atom is 0.247 e. The highest BCUT2D eigenvalue weighted by Gasteiger charge is 2.29. The van der Waals surface area contributed by atoms with Crippen LogP contribution in [0.3, 0.4) is 0 Å². The minimum Gasteiger partial charge on any atom is -0.497 e. The minimum atomic E-state index is -3.80. The molecule has 0 atom stereocenters. The van der Waals surface area contributed by atoms with Crippen LogP contribution in [-0.2, 0) is 23.0 Å². The van der Waals surface area contributed by atoms with Gasteiger partial charge in [0.25, 0.3) is 0 Å². The van der Waals surface area contributed by atoms with E-state index in [1.54, 1.807) is 35.6 Å². The molecule has 2 heterocycles. The van der Waals surface area contributed by atoms with Gasteiger partial charge in [0.1, 0.15) is 22.2 Å². The second-order valence-corrected chi connectivity index (χ2v) is 8.70. The van der Waals surface area contributed by atoms with Crippen molar-refractivity contribution < 1.29 is 22.3 Å². The van der Waals surface area contributed by atoms with Crippen LogP contribution >= 0.6 is 11.3 Å². The van der Waals surface area contributed by atoms with Gasteiger partial charge < -0.3 is 13.9 Å². The lowest BCUT2D eigenvalue weighted by Gasteiger charge is -2.22. The predicted octanol–water partition coefficient (Wildman–Crippen LogP) is 3.79. The molecule has 3 rings (SSSR count). The van der Waals surface area contributed by atoms with E-state index in [4.69, 9.17) is 13.9 Å². The first-order valence-corrected chi connectivity index (χ1v) is 10.6. The number of sulfonamides is 1. The summed E-state index contributed by atoms with van der Waals surface area (Å²) in [4.78, 5) is 1.22. The first-order chi connectivity index (χ1) is 13.0. The fourth-order valence-electron chi connectivity index (χ4n) is 2.68. The standard InChI is InChI=1S/C19H21NO5S2/c1-23-15-7-8-19(18(13-15)24-2)27(21,22)20(14-16-5-3-11-25-16)10-9-17-6-4-12-26-17/h3-8,11-13H,9-10,14H2,1-2H3. The zero-order chi connectivity index (χ0) is 19.3. The van der Waals surface area contributed by atoms with E-state index in [1.807, 2.05) is 17.5 Å². The number of furan rings is 1. The second-order valence-electron chi connectivity index (χ2n) is 5.76. The first kappa shape index (κ1) is 19.5. The molecular formula is C19H21NO5S2. The van der Waals surface area contributed by atoms with Gasteiger partial charge in [0, 0.05) is 17.5 Å². The molecule has 0 amide bonds. The van der Waals surface area contributed by atoms with E-state index in [2.05, 4.69) is 0 Å². The van der Waals surface area contributed by atoms with Crippen LogP contribution in [0.2, 0.25) is 0 Å². The van der Waals surface area contributed by atoms with E-state index in [9.17, 15) is 8.42 Å². The van der Waals surface area contributed by atoms with Gasteiger partial charge in [-0.15, -0.1) is 11.3 Å². The zero-order valence-corrected chi connectivity index (χ0v) is 16.8. The lowest BCUT2D eigenvalue weighted by molar-refractivity contribution is 0.358. The molecule has 0 saturated carbocycles. The van der Waals surface area contributed by atoms with Crippen LogP contribution in [0.4, 0.5) is 0 Å². The number of hydrogen-bond acceptors (Lipinski definition) is 6. The Morgan fingerprint density at radius 2 is 1.96 bits per heavy atom. The normalized spacial score (nSPS) is 11.7. The van der Waals surface area contributed by atoms with Crippen molar-refractivity contribution in [1.82, 2.24) is 4.31 Å². The van der Waals surface area contributed by atoms with Crippen molar-refractivity contribution in [2.75, 3.05) is 20.8 Å². The maximum absolute atomic E-state index is 13.4. The Morgan fingerprint density at radius 3 is 2.59 bits per heavy atom. The monoisotopic (exact) mass is 407 g/mol. The summed E-state index contributed by atoms with van der Waals surface area (Å²) in [7, 11) is -0.839. The van der Waals surface area contributed by atoms with E-state index >= 15 is 0 Å². The van der Waals surface area contributed by atoms with E-state index in [0.29, 0.717) is 24.5 Å². The number of nitrogens with zero attached hydrogens (tertiary/aromatic N) is 1. The molecule has 0 aliphatic rings. The van der Waals surface area contributed by atoms with Crippen molar-refractivity contribution in [1.29, 1.82) is 0 Å². The van der Waals surface area contributed by atoms with E-state index in [-0.39, 0.29) is 17.2 Å². The molecule has 0 fully saturated rings.